The number of hydrogen-bond acceptors (Lipinski definition) is 2. The normalized spacial score (nSPS) is 21.1. The number of ether oxygens (including phenoxy) is 1. The molecule has 1 aliphatic carbocycles. The van der Waals surface area contributed by atoms with Crippen LogP contribution in [0.1, 0.15) is 6.42 Å². The van der Waals surface area contributed by atoms with Crippen molar-refractivity contribution in [2.75, 3.05) is 0 Å². The van der Waals surface area contributed by atoms with E-state index in [-0.39, 0.29) is 0 Å². The minimum atomic E-state index is 0.734. The maximum absolute atomic E-state index is 5.22. The van der Waals surface area contributed by atoms with Crippen LogP contribution in [0.3, 0.4) is 0 Å². The summed E-state index contributed by atoms with van der Waals surface area (Å²) >= 11 is 0. The monoisotopic (exact) mass is 145 g/mol. The molecule has 0 fully saturated rings. The maximum atomic E-state index is 5.22. The highest BCUT2D eigenvalue weighted by Gasteiger charge is 2.09. The summed E-state index contributed by atoms with van der Waals surface area (Å²) in [6.45, 7) is 0. The predicted octanol–water partition coefficient (Wildman–Crippen LogP) is 1.85. The molecular weight excluding hydrogens is 138 g/mol. The van der Waals surface area contributed by atoms with Crippen LogP contribution in [-0.4, -0.2) is 6.21 Å². The third kappa shape index (κ3) is 1.24. The highest BCUT2D eigenvalue weighted by molar-refractivity contribution is 5.73. The maximum Gasteiger partial charge on any atom is 0.137 e. The van der Waals surface area contributed by atoms with Crippen LogP contribution in [-0.2, 0) is 4.74 Å². The van der Waals surface area contributed by atoms with E-state index in [2.05, 4.69) is 11.4 Å². The molecule has 0 unspecified atom stereocenters. The molecule has 2 heteroatoms. The lowest BCUT2D eigenvalue weighted by atomic mass is 10.1. The van der Waals surface area contributed by atoms with E-state index in [0.717, 1.165) is 17.9 Å². The minimum Gasteiger partial charge on any atom is -0.466 e. The van der Waals surface area contributed by atoms with E-state index in [9.17, 15) is 0 Å². The molecular formula is C9H7NO. The molecule has 2 radical (unpaired) electrons. The molecule has 0 atom stereocenters. The van der Waals surface area contributed by atoms with Crippen LogP contribution in [0.25, 0.3) is 0 Å². The highest BCUT2D eigenvalue weighted by atomic mass is 16.5. The van der Waals surface area contributed by atoms with Crippen LogP contribution < -0.4 is 0 Å². The Hall–Kier alpha value is -1.31. The Morgan fingerprint density at radius 1 is 1.55 bits per heavy atom. The number of nitrogens with zero attached hydrogens (tertiary/aromatic N) is 1. The van der Waals surface area contributed by atoms with Crippen molar-refractivity contribution < 1.29 is 4.74 Å². The molecule has 54 valence electrons. The molecule has 11 heavy (non-hydrogen) atoms. The lowest BCUT2D eigenvalue weighted by Crippen LogP contribution is -1.94. The Balaban J connectivity index is 2.34. The second-order valence-corrected chi connectivity index (χ2v) is 2.22. The van der Waals surface area contributed by atoms with Gasteiger partial charge in [-0.1, -0.05) is 6.08 Å². The van der Waals surface area contributed by atoms with Gasteiger partial charge in [0.25, 0.3) is 0 Å². The quantitative estimate of drug-likeness (QED) is 0.509. The molecule has 0 amide bonds. The van der Waals surface area contributed by atoms with Crippen molar-refractivity contribution in [3.8, 4) is 0 Å². The Morgan fingerprint density at radius 3 is 3.55 bits per heavy atom. The van der Waals surface area contributed by atoms with Crippen molar-refractivity contribution >= 4 is 6.21 Å². The van der Waals surface area contributed by atoms with E-state index in [0.29, 0.717) is 0 Å². The summed E-state index contributed by atoms with van der Waals surface area (Å²) in [5.41, 5.74) is 0.848. The summed E-state index contributed by atoms with van der Waals surface area (Å²) in [5.74, 6) is 0.734. The molecule has 1 aliphatic heterocycles. The molecule has 2 aliphatic rings. The zero-order valence-corrected chi connectivity index (χ0v) is 5.95. The fourth-order valence-corrected chi connectivity index (χ4v) is 0.958. The lowest BCUT2D eigenvalue weighted by Gasteiger charge is -2.08. The van der Waals surface area contributed by atoms with Crippen LogP contribution in [0.15, 0.2) is 40.9 Å². The first-order valence-electron chi connectivity index (χ1n) is 3.47. The molecule has 0 aromatic carbocycles. The molecule has 2 nitrogen and oxygen atoms in total. The Morgan fingerprint density at radius 2 is 2.55 bits per heavy atom. The third-order valence-corrected chi connectivity index (χ3v) is 1.45. The van der Waals surface area contributed by atoms with Gasteiger partial charge in [0.2, 0.25) is 0 Å². The van der Waals surface area contributed by atoms with Gasteiger partial charge < -0.3 is 4.74 Å². The van der Waals surface area contributed by atoms with Gasteiger partial charge >= 0.3 is 0 Å². The van der Waals surface area contributed by atoms with Gasteiger partial charge in [-0.3, -0.25) is 4.99 Å². The summed E-state index contributed by atoms with van der Waals surface area (Å²) in [5, 5.41) is 0. The average molecular weight is 145 g/mol. The van der Waals surface area contributed by atoms with Crippen LogP contribution >= 0.6 is 0 Å². The molecule has 0 saturated heterocycles. The Kier molecular flexibility index (Phi) is 1.60. The van der Waals surface area contributed by atoms with Gasteiger partial charge in [-0.15, -0.1) is 0 Å². The van der Waals surface area contributed by atoms with Gasteiger partial charge in [0.1, 0.15) is 11.5 Å². The van der Waals surface area contributed by atoms with Crippen LogP contribution in [0.4, 0.5) is 0 Å². The molecule has 0 aromatic heterocycles. The SMILES string of the molecule is [C]1CC=CC2=C1OC=CC=N2. The summed E-state index contributed by atoms with van der Waals surface area (Å²) in [4.78, 5) is 4.14. The van der Waals surface area contributed by atoms with Crippen LogP contribution in [0.5, 0.6) is 0 Å². The summed E-state index contributed by atoms with van der Waals surface area (Å²) in [6.07, 6.45) is 12.9. The molecule has 0 N–H and O–H groups in total. The first-order valence-corrected chi connectivity index (χ1v) is 3.47. The van der Waals surface area contributed by atoms with Crippen LogP contribution in [0.2, 0.25) is 0 Å². The van der Waals surface area contributed by atoms with E-state index >= 15 is 0 Å². The van der Waals surface area contributed by atoms with Gasteiger partial charge in [-0.05, 0) is 18.6 Å². The summed E-state index contributed by atoms with van der Waals surface area (Å²) in [6, 6.07) is 0. The largest absolute Gasteiger partial charge is 0.466 e. The average Bonchev–Trinajstić information content (AvgIpc) is 2.28. The van der Waals surface area contributed by atoms with Crippen molar-refractivity contribution in [1.82, 2.24) is 0 Å². The molecule has 0 bridgehead atoms. The first kappa shape index (κ1) is 6.40. The predicted molar refractivity (Wildman–Crippen MR) is 42.7 cm³/mol. The second kappa shape index (κ2) is 2.74. The fourth-order valence-electron chi connectivity index (χ4n) is 0.958. The molecule has 0 spiro atoms. The Labute approximate surface area is 65.6 Å². The van der Waals surface area contributed by atoms with Gasteiger partial charge in [-0.2, -0.15) is 0 Å². The summed E-state index contributed by atoms with van der Waals surface area (Å²) in [7, 11) is 0. The van der Waals surface area contributed by atoms with Gasteiger partial charge in [0, 0.05) is 6.21 Å². The van der Waals surface area contributed by atoms with E-state index in [1.54, 1.807) is 18.6 Å². The number of allylic oxidation sites excluding steroid dienone is 4. The zero-order valence-electron chi connectivity index (χ0n) is 5.95. The molecule has 1 heterocycles. The van der Waals surface area contributed by atoms with Crippen molar-refractivity contribution in [2.45, 2.75) is 6.42 Å². The van der Waals surface area contributed by atoms with Gasteiger partial charge in [-0.25, -0.2) is 0 Å². The van der Waals surface area contributed by atoms with E-state index in [1.165, 1.54) is 0 Å². The van der Waals surface area contributed by atoms with Crippen molar-refractivity contribution in [1.29, 1.82) is 0 Å². The van der Waals surface area contributed by atoms with Crippen molar-refractivity contribution in [3.63, 3.8) is 0 Å². The number of rotatable bonds is 0. The van der Waals surface area contributed by atoms with E-state index in [1.807, 2.05) is 12.2 Å². The number of hydrogen-bond donors (Lipinski definition) is 0. The summed E-state index contributed by atoms with van der Waals surface area (Å²) < 4.78 is 5.22. The van der Waals surface area contributed by atoms with Gasteiger partial charge in [0.05, 0.1) is 12.7 Å². The smallest absolute Gasteiger partial charge is 0.137 e. The van der Waals surface area contributed by atoms with Crippen LogP contribution in [0, 0.1) is 6.42 Å². The Bertz CT molecular complexity index is 271. The minimum absolute atomic E-state index is 0.734. The number of aliphatic imine (C=N–C) groups is 1. The standard InChI is InChI=1S/C9H7NO/c1-2-5-9-8(4-1)10-6-3-7-11-9/h1,3-4,6-7H,2H2. The van der Waals surface area contributed by atoms with Crippen molar-refractivity contribution in [3.05, 3.63) is 42.4 Å². The third-order valence-electron chi connectivity index (χ3n) is 1.45. The highest BCUT2D eigenvalue weighted by Crippen LogP contribution is 2.21. The molecule has 0 aromatic rings. The molecule has 2 rings (SSSR count). The van der Waals surface area contributed by atoms with E-state index in [4.69, 9.17) is 4.74 Å². The van der Waals surface area contributed by atoms with Crippen molar-refractivity contribution in [2.24, 2.45) is 4.99 Å². The fraction of sp³-hybridized carbons (Fsp3) is 0.111. The topological polar surface area (TPSA) is 21.6 Å². The van der Waals surface area contributed by atoms with E-state index < -0.39 is 0 Å². The zero-order chi connectivity index (χ0) is 7.52. The second-order valence-electron chi connectivity index (χ2n) is 2.22. The van der Waals surface area contributed by atoms with Gasteiger partial charge in [0.15, 0.2) is 0 Å². The molecule has 0 saturated carbocycles. The first-order chi connectivity index (χ1) is 5.47. The lowest BCUT2D eigenvalue weighted by molar-refractivity contribution is 0.353.